The Morgan fingerprint density at radius 2 is 1.67 bits per heavy atom. The summed E-state index contributed by atoms with van der Waals surface area (Å²) in [6.45, 7) is 3.93. The second-order valence-corrected chi connectivity index (χ2v) is 6.73. The fourth-order valence-corrected chi connectivity index (χ4v) is 3.43. The molecule has 9 nitrogen and oxygen atoms in total. The highest BCUT2D eigenvalue weighted by atomic mass is 16.5. The first kappa shape index (κ1) is 17.1. The molecule has 3 aromatic heterocycles. The van der Waals surface area contributed by atoms with Gasteiger partial charge in [-0.15, -0.1) is 10.2 Å². The molecule has 9 heteroatoms. The number of hydrogen-bond donors (Lipinski definition) is 0. The molecule has 0 aliphatic carbocycles. The molecule has 0 bridgehead atoms. The minimum Gasteiger partial charge on any atom is -0.497 e. The summed E-state index contributed by atoms with van der Waals surface area (Å²) in [4.78, 5) is 25.4. The van der Waals surface area contributed by atoms with Gasteiger partial charge in [0.25, 0.3) is 5.56 Å². The van der Waals surface area contributed by atoms with Crippen LogP contribution in [0.3, 0.4) is 0 Å². The second kappa shape index (κ2) is 5.83. The first-order chi connectivity index (χ1) is 12.9. The van der Waals surface area contributed by atoms with E-state index >= 15 is 0 Å². The van der Waals surface area contributed by atoms with Gasteiger partial charge in [0, 0.05) is 25.7 Å². The van der Waals surface area contributed by atoms with Crippen molar-refractivity contribution >= 4 is 16.9 Å². The zero-order valence-electron chi connectivity index (χ0n) is 15.8. The molecule has 4 rings (SSSR count). The highest BCUT2D eigenvalue weighted by Gasteiger charge is 2.25. The van der Waals surface area contributed by atoms with Gasteiger partial charge in [0.05, 0.1) is 7.11 Å². The molecule has 0 amide bonds. The molecule has 140 valence electrons. The van der Waals surface area contributed by atoms with Gasteiger partial charge >= 0.3 is 5.69 Å². The van der Waals surface area contributed by atoms with Crippen LogP contribution in [0.25, 0.3) is 28.3 Å². The molecule has 3 heterocycles. The third kappa shape index (κ3) is 2.24. The molecule has 4 aromatic rings. The van der Waals surface area contributed by atoms with Gasteiger partial charge in [0.2, 0.25) is 5.78 Å². The van der Waals surface area contributed by atoms with E-state index in [1.54, 1.807) is 18.6 Å². The quantitative estimate of drug-likeness (QED) is 0.544. The molecule has 0 spiro atoms. The van der Waals surface area contributed by atoms with Crippen LogP contribution in [-0.4, -0.2) is 35.4 Å². The first-order valence-corrected chi connectivity index (χ1v) is 8.56. The number of aromatic nitrogens is 6. The van der Waals surface area contributed by atoms with Crippen LogP contribution in [0.2, 0.25) is 0 Å². The van der Waals surface area contributed by atoms with Crippen molar-refractivity contribution in [1.29, 1.82) is 0 Å². The van der Waals surface area contributed by atoms with E-state index in [0.29, 0.717) is 22.8 Å². The number of rotatable bonds is 3. The van der Waals surface area contributed by atoms with Crippen LogP contribution in [0.4, 0.5) is 0 Å². The summed E-state index contributed by atoms with van der Waals surface area (Å²) in [6.07, 6.45) is 0. The molecule has 0 saturated heterocycles. The summed E-state index contributed by atoms with van der Waals surface area (Å²) in [5, 5.41) is 8.64. The number of hydrogen-bond acceptors (Lipinski definition) is 5. The molecular formula is C18H20N6O3. The molecule has 1 aromatic carbocycles. The predicted molar refractivity (Wildman–Crippen MR) is 101 cm³/mol. The summed E-state index contributed by atoms with van der Waals surface area (Å²) < 4.78 is 11.4. The van der Waals surface area contributed by atoms with E-state index in [9.17, 15) is 9.59 Å². The lowest BCUT2D eigenvalue weighted by molar-refractivity contribution is 0.415. The number of imidazole rings is 1. The molecule has 0 fully saturated rings. The number of methoxy groups -OCH3 is 1. The molecule has 0 unspecified atom stereocenters. The highest BCUT2D eigenvalue weighted by Crippen LogP contribution is 2.27. The Balaban J connectivity index is 2.20. The Morgan fingerprint density at radius 1 is 1.00 bits per heavy atom. The van der Waals surface area contributed by atoms with Gasteiger partial charge in [-0.2, -0.15) is 0 Å². The molecule has 0 N–H and O–H groups in total. The van der Waals surface area contributed by atoms with Crippen molar-refractivity contribution in [3.8, 4) is 17.1 Å². The molecule has 0 aliphatic heterocycles. The Bertz CT molecular complexity index is 1290. The van der Waals surface area contributed by atoms with Gasteiger partial charge in [-0.25, -0.2) is 9.20 Å². The van der Waals surface area contributed by atoms with Crippen molar-refractivity contribution < 1.29 is 4.74 Å². The Hall–Kier alpha value is -3.36. The normalized spacial score (nSPS) is 11.8. The van der Waals surface area contributed by atoms with Crippen LogP contribution in [0.5, 0.6) is 5.75 Å². The van der Waals surface area contributed by atoms with Gasteiger partial charge in [-0.1, -0.05) is 0 Å². The largest absolute Gasteiger partial charge is 0.497 e. The van der Waals surface area contributed by atoms with Crippen molar-refractivity contribution in [3.63, 3.8) is 0 Å². The molecule has 0 atom stereocenters. The van der Waals surface area contributed by atoms with Crippen molar-refractivity contribution in [3.05, 3.63) is 45.1 Å². The molecular weight excluding hydrogens is 348 g/mol. The van der Waals surface area contributed by atoms with Crippen molar-refractivity contribution in [2.75, 3.05) is 7.11 Å². The van der Waals surface area contributed by atoms with E-state index in [1.165, 1.54) is 11.6 Å². The van der Waals surface area contributed by atoms with Gasteiger partial charge in [0.1, 0.15) is 5.75 Å². The maximum atomic E-state index is 12.9. The molecule has 0 saturated carbocycles. The fraction of sp³-hybridized carbons (Fsp3) is 0.333. The molecule has 27 heavy (non-hydrogen) atoms. The Kier molecular flexibility index (Phi) is 3.69. The van der Waals surface area contributed by atoms with Crippen molar-refractivity contribution in [2.24, 2.45) is 14.1 Å². The summed E-state index contributed by atoms with van der Waals surface area (Å²) in [5.74, 6) is 1.80. The Labute approximate surface area is 154 Å². The average Bonchev–Trinajstić information content (AvgIpc) is 3.22. The third-order valence-electron chi connectivity index (χ3n) is 4.79. The topological polar surface area (TPSA) is 88.3 Å². The van der Waals surface area contributed by atoms with Crippen LogP contribution >= 0.6 is 0 Å². The number of aryl methyl sites for hydroxylation is 1. The van der Waals surface area contributed by atoms with Gasteiger partial charge in [0.15, 0.2) is 17.0 Å². The monoisotopic (exact) mass is 368 g/mol. The minimum atomic E-state index is -0.398. The summed E-state index contributed by atoms with van der Waals surface area (Å²) in [7, 11) is 4.73. The van der Waals surface area contributed by atoms with Crippen LogP contribution < -0.4 is 16.0 Å². The number of ether oxygens (including phenoxy) is 1. The van der Waals surface area contributed by atoms with E-state index in [-0.39, 0.29) is 11.6 Å². The van der Waals surface area contributed by atoms with E-state index in [0.717, 1.165) is 15.9 Å². The van der Waals surface area contributed by atoms with Gasteiger partial charge in [-0.3, -0.25) is 18.5 Å². The van der Waals surface area contributed by atoms with E-state index in [1.807, 2.05) is 42.7 Å². The SMILES string of the molecule is COc1ccc(-c2nnc3n(C(C)C)c4c(=O)n(C)c(=O)n(C)c4n23)cc1. The van der Waals surface area contributed by atoms with E-state index in [2.05, 4.69) is 10.2 Å². The Morgan fingerprint density at radius 3 is 2.26 bits per heavy atom. The second-order valence-electron chi connectivity index (χ2n) is 6.73. The van der Waals surface area contributed by atoms with E-state index in [4.69, 9.17) is 4.74 Å². The zero-order chi connectivity index (χ0) is 19.5. The number of nitrogens with zero attached hydrogens (tertiary/aromatic N) is 6. The minimum absolute atomic E-state index is 0.0388. The maximum Gasteiger partial charge on any atom is 0.332 e. The number of fused-ring (bicyclic) bond motifs is 3. The average molecular weight is 368 g/mol. The summed E-state index contributed by atoms with van der Waals surface area (Å²) in [6, 6.07) is 7.36. The van der Waals surface area contributed by atoms with Gasteiger partial charge < -0.3 is 4.74 Å². The fourth-order valence-electron chi connectivity index (χ4n) is 3.43. The lowest BCUT2D eigenvalue weighted by Gasteiger charge is -2.09. The van der Waals surface area contributed by atoms with Crippen LogP contribution in [0.1, 0.15) is 19.9 Å². The lowest BCUT2D eigenvalue weighted by Crippen LogP contribution is -2.38. The number of benzene rings is 1. The highest BCUT2D eigenvalue weighted by molar-refractivity contribution is 5.80. The van der Waals surface area contributed by atoms with Gasteiger partial charge in [-0.05, 0) is 38.1 Å². The standard InChI is InChI=1S/C18H20N6O3/c1-10(2)23-13-15(21(3)18(26)22(4)16(13)25)24-14(19-20-17(23)24)11-6-8-12(27-5)9-7-11/h6-10H,1-5H3. The maximum absolute atomic E-state index is 12.9. The predicted octanol–water partition coefficient (Wildman–Crippen LogP) is 1.34. The summed E-state index contributed by atoms with van der Waals surface area (Å²) in [5.41, 5.74) is 0.953. The van der Waals surface area contributed by atoms with E-state index < -0.39 is 5.69 Å². The molecule has 0 radical (unpaired) electrons. The van der Waals surface area contributed by atoms with Crippen LogP contribution in [0, 0.1) is 0 Å². The smallest absolute Gasteiger partial charge is 0.332 e. The lowest BCUT2D eigenvalue weighted by atomic mass is 10.2. The summed E-state index contributed by atoms with van der Waals surface area (Å²) >= 11 is 0. The third-order valence-corrected chi connectivity index (χ3v) is 4.79. The van der Waals surface area contributed by atoms with Crippen molar-refractivity contribution in [2.45, 2.75) is 19.9 Å². The van der Waals surface area contributed by atoms with Crippen LogP contribution in [0.15, 0.2) is 33.9 Å². The van der Waals surface area contributed by atoms with Crippen LogP contribution in [-0.2, 0) is 14.1 Å². The van der Waals surface area contributed by atoms with Crippen molar-refractivity contribution in [1.82, 2.24) is 28.3 Å². The molecule has 0 aliphatic rings. The zero-order valence-corrected chi connectivity index (χ0v) is 15.8. The first-order valence-electron chi connectivity index (χ1n) is 8.56.